The Kier molecular flexibility index (Phi) is 6.00. The molecule has 2 rings (SSSR count). The Morgan fingerprint density at radius 1 is 1.17 bits per heavy atom. The molecule has 0 spiro atoms. The maximum absolute atomic E-state index is 11.8. The Morgan fingerprint density at radius 2 is 1.83 bits per heavy atom. The Labute approximate surface area is 148 Å². The highest BCUT2D eigenvalue weighted by molar-refractivity contribution is 7.80. The molecule has 122 valence electrons. The monoisotopic (exact) mass is 361 g/mol. The number of nitrogens with one attached hydrogen (secondary N) is 2. The van der Waals surface area contributed by atoms with Gasteiger partial charge in [0.1, 0.15) is 0 Å². The van der Waals surface area contributed by atoms with Crippen LogP contribution in [0.3, 0.4) is 0 Å². The zero-order chi connectivity index (χ0) is 17.5. The lowest BCUT2D eigenvalue weighted by Gasteiger charge is -2.09. The van der Waals surface area contributed by atoms with E-state index in [1.807, 2.05) is 0 Å². The van der Waals surface area contributed by atoms with Crippen molar-refractivity contribution in [3.8, 4) is 0 Å². The first-order valence-electron chi connectivity index (χ1n) is 6.75. The fourth-order valence-electron chi connectivity index (χ4n) is 1.75. The summed E-state index contributed by atoms with van der Waals surface area (Å²) in [5, 5.41) is 16.5. The summed E-state index contributed by atoms with van der Waals surface area (Å²) in [5.41, 5.74) is 1.23. The van der Waals surface area contributed by atoms with Gasteiger partial charge >= 0.3 is 0 Å². The molecule has 2 aromatic carbocycles. The number of nitrogens with zero attached hydrogens (tertiary/aromatic N) is 1. The van der Waals surface area contributed by atoms with E-state index in [2.05, 4.69) is 10.6 Å². The molecular formula is C16H12ClN3O3S. The van der Waals surface area contributed by atoms with Gasteiger partial charge in [0.2, 0.25) is 5.91 Å². The van der Waals surface area contributed by atoms with Gasteiger partial charge in [0.25, 0.3) is 5.69 Å². The lowest BCUT2D eigenvalue weighted by atomic mass is 10.2. The number of nitro benzene ring substituents is 1. The number of benzene rings is 2. The molecule has 0 heterocycles. The molecule has 24 heavy (non-hydrogen) atoms. The van der Waals surface area contributed by atoms with Crippen molar-refractivity contribution in [2.24, 2.45) is 0 Å². The first-order chi connectivity index (χ1) is 11.5. The summed E-state index contributed by atoms with van der Waals surface area (Å²) in [4.78, 5) is 21.9. The zero-order valence-electron chi connectivity index (χ0n) is 12.2. The largest absolute Gasteiger partial charge is 0.331 e. The third-order valence-electron chi connectivity index (χ3n) is 2.89. The van der Waals surface area contributed by atoms with Crippen LogP contribution in [0.25, 0.3) is 6.08 Å². The summed E-state index contributed by atoms with van der Waals surface area (Å²) in [5.74, 6) is -0.432. The van der Waals surface area contributed by atoms with Gasteiger partial charge in [0.15, 0.2) is 5.11 Å². The molecule has 0 aromatic heterocycles. The van der Waals surface area contributed by atoms with E-state index < -0.39 is 10.8 Å². The minimum absolute atomic E-state index is 0.0123. The number of rotatable bonds is 4. The molecule has 1 amide bonds. The lowest BCUT2D eigenvalue weighted by Crippen LogP contribution is -2.32. The number of hydrogen-bond donors (Lipinski definition) is 2. The number of amides is 1. The number of carbonyl (C=O) groups is 1. The number of anilines is 1. The minimum Gasteiger partial charge on any atom is -0.331 e. The summed E-state index contributed by atoms with van der Waals surface area (Å²) < 4.78 is 0. The van der Waals surface area contributed by atoms with E-state index in [4.69, 9.17) is 23.8 Å². The first kappa shape index (κ1) is 17.6. The second-order valence-corrected chi connectivity index (χ2v) is 5.42. The fourth-order valence-corrected chi connectivity index (χ4v) is 2.14. The van der Waals surface area contributed by atoms with E-state index in [0.29, 0.717) is 16.3 Å². The average Bonchev–Trinajstić information content (AvgIpc) is 2.55. The number of hydrogen-bond acceptors (Lipinski definition) is 4. The summed E-state index contributed by atoms with van der Waals surface area (Å²) in [6.45, 7) is 0. The zero-order valence-corrected chi connectivity index (χ0v) is 13.8. The normalized spacial score (nSPS) is 10.4. The fraction of sp³-hybridized carbons (Fsp3) is 0. The number of nitro groups is 1. The molecule has 0 atom stereocenters. The molecule has 0 saturated heterocycles. The highest BCUT2D eigenvalue weighted by Crippen LogP contribution is 2.20. The maximum Gasteiger partial charge on any atom is 0.269 e. The van der Waals surface area contributed by atoms with Crippen LogP contribution in [-0.2, 0) is 4.79 Å². The van der Waals surface area contributed by atoms with Gasteiger partial charge in [-0.1, -0.05) is 23.7 Å². The molecule has 0 aliphatic carbocycles. The third-order valence-corrected chi connectivity index (χ3v) is 3.42. The highest BCUT2D eigenvalue weighted by atomic mass is 35.5. The minimum atomic E-state index is -0.487. The molecule has 0 saturated carbocycles. The van der Waals surface area contributed by atoms with Gasteiger partial charge in [-0.15, -0.1) is 0 Å². The van der Waals surface area contributed by atoms with Crippen LogP contribution in [-0.4, -0.2) is 15.9 Å². The van der Waals surface area contributed by atoms with Crippen LogP contribution < -0.4 is 10.6 Å². The number of thiocarbonyl (C=S) groups is 1. The molecule has 2 N–H and O–H groups in total. The molecule has 0 radical (unpaired) electrons. The van der Waals surface area contributed by atoms with Crippen molar-refractivity contribution in [1.29, 1.82) is 0 Å². The second kappa shape index (κ2) is 8.19. The van der Waals surface area contributed by atoms with Crippen molar-refractivity contribution >= 4 is 52.3 Å². The lowest BCUT2D eigenvalue weighted by molar-refractivity contribution is -0.384. The number of carbonyl (C=O) groups excluding carboxylic acids is 1. The van der Waals surface area contributed by atoms with E-state index in [9.17, 15) is 14.9 Å². The molecule has 0 aliphatic heterocycles. The first-order valence-corrected chi connectivity index (χ1v) is 7.53. The Balaban J connectivity index is 1.91. The smallest absolute Gasteiger partial charge is 0.269 e. The summed E-state index contributed by atoms with van der Waals surface area (Å²) >= 11 is 11.0. The summed E-state index contributed by atoms with van der Waals surface area (Å²) in [6.07, 6.45) is 2.80. The van der Waals surface area contributed by atoms with E-state index in [0.717, 1.165) is 0 Å². The van der Waals surface area contributed by atoms with E-state index >= 15 is 0 Å². The molecule has 0 bridgehead atoms. The van der Waals surface area contributed by atoms with E-state index in [1.165, 1.54) is 24.3 Å². The predicted molar refractivity (Wildman–Crippen MR) is 97.9 cm³/mol. The molecule has 6 nitrogen and oxygen atoms in total. The molecular weight excluding hydrogens is 350 g/mol. The predicted octanol–water partition coefficient (Wildman–Crippen LogP) is 3.77. The van der Waals surface area contributed by atoms with Crippen molar-refractivity contribution in [1.82, 2.24) is 5.32 Å². The van der Waals surface area contributed by atoms with Gasteiger partial charge in [-0.2, -0.15) is 0 Å². The van der Waals surface area contributed by atoms with Crippen LogP contribution >= 0.6 is 23.8 Å². The van der Waals surface area contributed by atoms with E-state index in [-0.39, 0.29) is 10.8 Å². The van der Waals surface area contributed by atoms with Crippen LogP contribution in [0.1, 0.15) is 5.56 Å². The van der Waals surface area contributed by atoms with Gasteiger partial charge in [-0.05, 0) is 48.1 Å². The molecule has 2 aromatic rings. The quantitative estimate of drug-likeness (QED) is 0.375. The van der Waals surface area contributed by atoms with Crippen LogP contribution in [0.15, 0.2) is 54.6 Å². The standard InChI is InChI=1S/C16H12ClN3O3S/c17-13-3-1-2-4-14(13)18-16(24)19-15(21)10-7-11-5-8-12(9-6-11)20(22)23/h1-10H,(H2,18,19,21,24). The van der Waals surface area contributed by atoms with Crippen LogP contribution in [0.4, 0.5) is 11.4 Å². The SMILES string of the molecule is O=C(C=Cc1ccc([N+](=O)[O-])cc1)NC(=S)Nc1ccccc1Cl. The van der Waals surface area contributed by atoms with Gasteiger partial charge < -0.3 is 5.32 Å². The second-order valence-electron chi connectivity index (χ2n) is 4.61. The Morgan fingerprint density at radius 3 is 2.46 bits per heavy atom. The van der Waals surface area contributed by atoms with Crippen LogP contribution in [0.2, 0.25) is 5.02 Å². The van der Waals surface area contributed by atoms with Crippen molar-refractivity contribution < 1.29 is 9.72 Å². The van der Waals surface area contributed by atoms with Crippen molar-refractivity contribution in [3.63, 3.8) is 0 Å². The number of halogens is 1. The van der Waals surface area contributed by atoms with E-state index in [1.54, 1.807) is 36.4 Å². The van der Waals surface area contributed by atoms with Gasteiger partial charge in [0.05, 0.1) is 15.6 Å². The molecule has 8 heteroatoms. The van der Waals surface area contributed by atoms with Crippen molar-refractivity contribution in [3.05, 3.63) is 75.3 Å². The summed E-state index contributed by atoms with van der Waals surface area (Å²) in [7, 11) is 0. The number of para-hydroxylation sites is 1. The highest BCUT2D eigenvalue weighted by Gasteiger charge is 2.05. The maximum atomic E-state index is 11.8. The molecule has 0 unspecified atom stereocenters. The molecule has 0 fully saturated rings. The molecule has 0 aliphatic rings. The Bertz CT molecular complexity index is 806. The topological polar surface area (TPSA) is 84.3 Å². The third kappa shape index (κ3) is 5.15. The average molecular weight is 362 g/mol. The van der Waals surface area contributed by atoms with Gasteiger partial charge in [0, 0.05) is 18.2 Å². The van der Waals surface area contributed by atoms with Crippen LogP contribution in [0, 0.1) is 10.1 Å². The van der Waals surface area contributed by atoms with Crippen molar-refractivity contribution in [2.75, 3.05) is 5.32 Å². The van der Waals surface area contributed by atoms with Gasteiger partial charge in [-0.3, -0.25) is 20.2 Å². The Hall–Kier alpha value is -2.77. The van der Waals surface area contributed by atoms with Crippen LogP contribution in [0.5, 0.6) is 0 Å². The summed E-state index contributed by atoms with van der Waals surface area (Å²) in [6, 6.07) is 12.8. The van der Waals surface area contributed by atoms with Crippen molar-refractivity contribution in [2.45, 2.75) is 0 Å². The number of non-ortho nitro benzene ring substituents is 1. The van der Waals surface area contributed by atoms with Gasteiger partial charge in [-0.25, -0.2) is 0 Å².